The summed E-state index contributed by atoms with van der Waals surface area (Å²) >= 11 is 0. The SMILES string of the molecule is CC(C)Oc1cncc(C(C)CCNC(C)(C)C)c1. The summed E-state index contributed by atoms with van der Waals surface area (Å²) in [5, 5.41) is 3.52. The molecular weight excluding hydrogens is 236 g/mol. The molecule has 0 radical (unpaired) electrons. The van der Waals surface area contributed by atoms with E-state index in [0.717, 1.165) is 18.7 Å². The Balaban J connectivity index is 2.54. The minimum Gasteiger partial charge on any atom is -0.489 e. The molecule has 0 bridgehead atoms. The minimum absolute atomic E-state index is 0.181. The molecule has 3 nitrogen and oxygen atoms in total. The van der Waals surface area contributed by atoms with Crippen LogP contribution in [0.15, 0.2) is 18.5 Å². The molecule has 0 spiro atoms. The van der Waals surface area contributed by atoms with Crippen LogP contribution in [0, 0.1) is 0 Å². The molecule has 0 aromatic carbocycles. The van der Waals surface area contributed by atoms with Crippen molar-refractivity contribution >= 4 is 0 Å². The van der Waals surface area contributed by atoms with Gasteiger partial charge in [-0.05, 0) is 65.1 Å². The van der Waals surface area contributed by atoms with Crippen molar-refractivity contribution in [2.75, 3.05) is 6.54 Å². The van der Waals surface area contributed by atoms with Gasteiger partial charge in [0.15, 0.2) is 0 Å². The lowest BCUT2D eigenvalue weighted by Gasteiger charge is -2.22. The van der Waals surface area contributed by atoms with Gasteiger partial charge in [0.1, 0.15) is 5.75 Å². The Hall–Kier alpha value is -1.09. The number of hydrogen-bond donors (Lipinski definition) is 1. The molecule has 1 N–H and O–H groups in total. The first-order valence-corrected chi connectivity index (χ1v) is 7.14. The Labute approximate surface area is 117 Å². The predicted octanol–water partition coefficient (Wildman–Crippen LogP) is 3.75. The van der Waals surface area contributed by atoms with Crippen LogP contribution in [-0.4, -0.2) is 23.2 Å². The maximum absolute atomic E-state index is 5.69. The first-order chi connectivity index (χ1) is 8.78. The summed E-state index contributed by atoms with van der Waals surface area (Å²) in [4.78, 5) is 4.27. The van der Waals surface area contributed by atoms with Crippen LogP contribution in [0.5, 0.6) is 5.75 Å². The van der Waals surface area contributed by atoms with Crippen molar-refractivity contribution in [1.82, 2.24) is 10.3 Å². The highest BCUT2D eigenvalue weighted by Crippen LogP contribution is 2.22. The normalized spacial score (nSPS) is 13.6. The maximum atomic E-state index is 5.69. The molecule has 0 saturated carbocycles. The molecule has 0 saturated heterocycles. The lowest BCUT2D eigenvalue weighted by Crippen LogP contribution is -2.36. The van der Waals surface area contributed by atoms with E-state index < -0.39 is 0 Å². The van der Waals surface area contributed by atoms with E-state index in [4.69, 9.17) is 4.74 Å². The third-order valence-electron chi connectivity index (χ3n) is 2.91. The maximum Gasteiger partial charge on any atom is 0.138 e. The summed E-state index contributed by atoms with van der Waals surface area (Å²) in [6.07, 6.45) is 5.01. The Morgan fingerprint density at radius 2 is 1.89 bits per heavy atom. The number of hydrogen-bond acceptors (Lipinski definition) is 3. The number of nitrogens with one attached hydrogen (secondary N) is 1. The van der Waals surface area contributed by atoms with E-state index in [1.54, 1.807) is 6.20 Å². The second-order valence-corrected chi connectivity index (χ2v) is 6.49. The third-order valence-corrected chi connectivity index (χ3v) is 2.91. The monoisotopic (exact) mass is 264 g/mol. The van der Waals surface area contributed by atoms with Crippen molar-refractivity contribution in [3.63, 3.8) is 0 Å². The zero-order valence-corrected chi connectivity index (χ0v) is 13.2. The zero-order valence-electron chi connectivity index (χ0n) is 13.2. The first-order valence-electron chi connectivity index (χ1n) is 7.14. The highest BCUT2D eigenvalue weighted by atomic mass is 16.5. The van der Waals surface area contributed by atoms with Gasteiger partial charge in [0.2, 0.25) is 0 Å². The Morgan fingerprint density at radius 1 is 1.21 bits per heavy atom. The van der Waals surface area contributed by atoms with Crippen molar-refractivity contribution in [1.29, 1.82) is 0 Å². The number of rotatable bonds is 6. The third kappa shape index (κ3) is 6.58. The molecule has 0 aliphatic carbocycles. The lowest BCUT2D eigenvalue weighted by molar-refractivity contribution is 0.241. The van der Waals surface area contributed by atoms with E-state index in [0.29, 0.717) is 5.92 Å². The summed E-state index contributed by atoms with van der Waals surface area (Å²) in [6, 6.07) is 2.11. The molecular formula is C16H28N2O. The van der Waals surface area contributed by atoms with Gasteiger partial charge in [0.05, 0.1) is 12.3 Å². The van der Waals surface area contributed by atoms with E-state index in [1.165, 1.54) is 5.56 Å². The van der Waals surface area contributed by atoms with Gasteiger partial charge in [-0.25, -0.2) is 0 Å². The molecule has 0 fully saturated rings. The second kappa shape index (κ2) is 6.90. The van der Waals surface area contributed by atoms with Gasteiger partial charge in [-0.2, -0.15) is 0 Å². The molecule has 1 aromatic heterocycles. The average molecular weight is 264 g/mol. The van der Waals surface area contributed by atoms with Gasteiger partial charge in [0, 0.05) is 11.7 Å². The fourth-order valence-corrected chi connectivity index (χ4v) is 1.87. The molecule has 1 aromatic rings. The van der Waals surface area contributed by atoms with Crippen LogP contribution in [-0.2, 0) is 0 Å². The second-order valence-electron chi connectivity index (χ2n) is 6.49. The number of nitrogens with zero attached hydrogens (tertiary/aromatic N) is 1. The highest BCUT2D eigenvalue weighted by Gasteiger charge is 2.11. The van der Waals surface area contributed by atoms with Gasteiger partial charge in [0.25, 0.3) is 0 Å². The van der Waals surface area contributed by atoms with Crippen LogP contribution < -0.4 is 10.1 Å². The van der Waals surface area contributed by atoms with Gasteiger partial charge < -0.3 is 10.1 Å². The van der Waals surface area contributed by atoms with Gasteiger partial charge in [-0.3, -0.25) is 4.98 Å². The number of aromatic nitrogens is 1. The van der Waals surface area contributed by atoms with Crippen LogP contribution in [0.2, 0.25) is 0 Å². The fourth-order valence-electron chi connectivity index (χ4n) is 1.87. The van der Waals surface area contributed by atoms with Gasteiger partial charge >= 0.3 is 0 Å². The largest absolute Gasteiger partial charge is 0.489 e. The molecule has 3 heteroatoms. The van der Waals surface area contributed by atoms with Crippen molar-refractivity contribution in [3.8, 4) is 5.75 Å². The minimum atomic E-state index is 0.181. The summed E-state index contributed by atoms with van der Waals surface area (Å²) in [7, 11) is 0. The van der Waals surface area contributed by atoms with E-state index in [2.05, 4.69) is 44.1 Å². The Kier molecular flexibility index (Phi) is 5.80. The Bertz CT molecular complexity index is 383. The zero-order chi connectivity index (χ0) is 14.5. The molecule has 108 valence electrons. The Morgan fingerprint density at radius 3 is 2.47 bits per heavy atom. The van der Waals surface area contributed by atoms with Crippen LogP contribution in [0.4, 0.5) is 0 Å². The van der Waals surface area contributed by atoms with Crippen molar-refractivity contribution in [2.24, 2.45) is 0 Å². The molecule has 1 rings (SSSR count). The molecule has 0 amide bonds. The summed E-state index contributed by atoms with van der Waals surface area (Å²) < 4.78 is 5.69. The van der Waals surface area contributed by atoms with Crippen molar-refractivity contribution < 1.29 is 4.74 Å². The number of ether oxygens (including phenoxy) is 1. The predicted molar refractivity (Wildman–Crippen MR) is 80.8 cm³/mol. The molecule has 19 heavy (non-hydrogen) atoms. The van der Waals surface area contributed by atoms with Gasteiger partial charge in [-0.15, -0.1) is 0 Å². The van der Waals surface area contributed by atoms with Gasteiger partial charge in [-0.1, -0.05) is 6.92 Å². The topological polar surface area (TPSA) is 34.1 Å². The molecule has 0 aliphatic rings. The van der Waals surface area contributed by atoms with E-state index in [-0.39, 0.29) is 11.6 Å². The molecule has 1 heterocycles. The average Bonchev–Trinajstić information content (AvgIpc) is 2.26. The molecule has 1 unspecified atom stereocenters. The van der Waals surface area contributed by atoms with E-state index >= 15 is 0 Å². The smallest absolute Gasteiger partial charge is 0.138 e. The van der Waals surface area contributed by atoms with Crippen LogP contribution in [0.25, 0.3) is 0 Å². The standard InChI is InChI=1S/C16H28N2O/c1-12(2)19-15-9-14(10-17-11-15)13(3)7-8-18-16(4,5)6/h9-13,18H,7-8H2,1-6H3. The van der Waals surface area contributed by atoms with Crippen LogP contribution in [0.3, 0.4) is 0 Å². The fraction of sp³-hybridized carbons (Fsp3) is 0.688. The van der Waals surface area contributed by atoms with Crippen molar-refractivity contribution in [2.45, 2.75) is 65.5 Å². The summed E-state index contributed by atoms with van der Waals surface area (Å²) in [5.74, 6) is 1.35. The van der Waals surface area contributed by atoms with Crippen LogP contribution >= 0.6 is 0 Å². The molecule has 0 aliphatic heterocycles. The number of pyridine rings is 1. The van der Waals surface area contributed by atoms with E-state index in [9.17, 15) is 0 Å². The summed E-state index contributed by atoms with van der Waals surface area (Å²) in [5.41, 5.74) is 1.43. The molecule has 1 atom stereocenters. The van der Waals surface area contributed by atoms with Crippen molar-refractivity contribution in [3.05, 3.63) is 24.0 Å². The van der Waals surface area contributed by atoms with Crippen LogP contribution in [0.1, 0.15) is 59.4 Å². The quantitative estimate of drug-likeness (QED) is 0.849. The first kappa shape index (κ1) is 16.0. The highest BCUT2D eigenvalue weighted by molar-refractivity contribution is 5.26. The summed E-state index contributed by atoms with van der Waals surface area (Å²) in [6.45, 7) is 13.9. The van der Waals surface area contributed by atoms with E-state index in [1.807, 2.05) is 20.0 Å². The lowest BCUT2D eigenvalue weighted by atomic mass is 9.98.